The largest absolute Gasteiger partial charge is 0.330 e. The van der Waals surface area contributed by atoms with E-state index in [0.717, 1.165) is 29.9 Å². The lowest BCUT2D eigenvalue weighted by Gasteiger charge is -2.13. The van der Waals surface area contributed by atoms with Crippen molar-refractivity contribution in [1.29, 1.82) is 0 Å². The minimum absolute atomic E-state index is 0.0744. The van der Waals surface area contributed by atoms with Crippen LogP contribution in [-0.2, 0) is 19.5 Å². The predicted octanol–water partition coefficient (Wildman–Crippen LogP) is 3.33. The van der Waals surface area contributed by atoms with Crippen LogP contribution in [0.3, 0.4) is 0 Å². The van der Waals surface area contributed by atoms with Gasteiger partial charge in [-0.3, -0.25) is 14.2 Å². The first-order chi connectivity index (χ1) is 13.5. The molecule has 0 amide bonds. The van der Waals surface area contributed by atoms with Gasteiger partial charge in [-0.2, -0.15) is 10.2 Å². The van der Waals surface area contributed by atoms with E-state index in [-0.39, 0.29) is 23.9 Å². The van der Waals surface area contributed by atoms with Crippen molar-refractivity contribution in [3.63, 3.8) is 0 Å². The number of rotatable bonds is 6. The molecule has 1 atom stereocenters. The van der Waals surface area contributed by atoms with Gasteiger partial charge in [0.2, 0.25) is 0 Å². The number of hydrogen-bond acceptors (Lipinski definition) is 4. The molecule has 28 heavy (non-hydrogen) atoms. The summed E-state index contributed by atoms with van der Waals surface area (Å²) in [5.74, 6) is -0.439. The van der Waals surface area contributed by atoms with E-state index in [4.69, 9.17) is 17.3 Å². The summed E-state index contributed by atoms with van der Waals surface area (Å²) >= 11 is 6.30. The van der Waals surface area contributed by atoms with Gasteiger partial charge < -0.3 is 5.73 Å². The number of nitrogens with zero attached hydrogens (tertiary/aromatic N) is 4. The number of aromatic nitrogens is 4. The zero-order chi connectivity index (χ0) is 19.7. The van der Waals surface area contributed by atoms with E-state index in [0.29, 0.717) is 30.2 Å². The number of carbonyl (C=O) groups is 1. The molecule has 1 aliphatic rings. The molecule has 0 saturated heterocycles. The molecule has 0 unspecified atom stereocenters. The molecule has 3 heterocycles. The van der Waals surface area contributed by atoms with Crippen LogP contribution in [0.15, 0.2) is 36.5 Å². The maximum absolute atomic E-state index is 13.4. The quantitative estimate of drug-likeness (QED) is 0.642. The molecule has 0 fully saturated rings. The lowest BCUT2D eigenvalue weighted by Crippen LogP contribution is -2.21. The first-order valence-corrected chi connectivity index (χ1v) is 9.70. The van der Waals surface area contributed by atoms with Gasteiger partial charge in [0.25, 0.3) is 0 Å². The summed E-state index contributed by atoms with van der Waals surface area (Å²) in [6, 6.07) is 8.18. The van der Waals surface area contributed by atoms with E-state index < -0.39 is 0 Å². The standard InChI is InChI=1S/C20H21ClFN5O/c21-16-12-24-27-6-2-5-26-18(20(16)27)10-17(25-26)19(28)9-14(11-23)7-13-3-1-4-15(22)8-13/h1,3-4,8,10,12,14H,2,5-7,9,11,23H2/t14-/m1/s1. The molecule has 4 rings (SSSR count). The summed E-state index contributed by atoms with van der Waals surface area (Å²) in [5, 5.41) is 9.35. The minimum Gasteiger partial charge on any atom is -0.330 e. The normalized spacial score (nSPS) is 14.2. The van der Waals surface area contributed by atoms with Gasteiger partial charge in [0.15, 0.2) is 5.78 Å². The summed E-state index contributed by atoms with van der Waals surface area (Å²) in [4.78, 5) is 12.8. The highest BCUT2D eigenvalue weighted by molar-refractivity contribution is 6.33. The van der Waals surface area contributed by atoms with Gasteiger partial charge in [0.05, 0.1) is 16.9 Å². The molecule has 1 aromatic carbocycles. The number of fused-ring (bicyclic) bond motifs is 3. The molecule has 2 aromatic heterocycles. The van der Waals surface area contributed by atoms with Crippen molar-refractivity contribution in [3.8, 4) is 11.4 Å². The zero-order valence-corrected chi connectivity index (χ0v) is 16.1. The Bertz CT molecular complexity index is 1010. The van der Waals surface area contributed by atoms with Gasteiger partial charge in [-0.1, -0.05) is 23.7 Å². The average molecular weight is 402 g/mol. The van der Waals surface area contributed by atoms with Crippen molar-refractivity contribution in [2.75, 3.05) is 6.54 Å². The molecule has 0 spiro atoms. The van der Waals surface area contributed by atoms with Gasteiger partial charge in [0, 0.05) is 19.5 Å². The Morgan fingerprint density at radius 3 is 2.89 bits per heavy atom. The molecule has 6 nitrogen and oxygen atoms in total. The predicted molar refractivity (Wildman–Crippen MR) is 105 cm³/mol. The maximum Gasteiger partial charge on any atom is 0.183 e. The van der Waals surface area contributed by atoms with Crippen LogP contribution in [0.5, 0.6) is 0 Å². The van der Waals surface area contributed by atoms with Crippen LogP contribution in [0.25, 0.3) is 11.4 Å². The molecule has 0 radical (unpaired) electrons. The number of hydrogen-bond donors (Lipinski definition) is 1. The molecular weight excluding hydrogens is 381 g/mol. The van der Waals surface area contributed by atoms with Crippen molar-refractivity contribution >= 4 is 17.4 Å². The van der Waals surface area contributed by atoms with Crippen LogP contribution < -0.4 is 5.73 Å². The fourth-order valence-corrected chi connectivity index (χ4v) is 3.91. The number of benzene rings is 1. The second-order valence-electron chi connectivity index (χ2n) is 7.12. The van der Waals surface area contributed by atoms with Crippen LogP contribution in [0.4, 0.5) is 4.39 Å². The molecule has 2 N–H and O–H groups in total. The Morgan fingerprint density at radius 2 is 2.11 bits per heavy atom. The van der Waals surface area contributed by atoms with E-state index in [1.54, 1.807) is 18.3 Å². The Balaban J connectivity index is 1.54. The van der Waals surface area contributed by atoms with E-state index >= 15 is 0 Å². The highest BCUT2D eigenvalue weighted by Crippen LogP contribution is 2.31. The summed E-state index contributed by atoms with van der Waals surface area (Å²) in [6.45, 7) is 1.80. The first kappa shape index (κ1) is 18.8. The Labute approximate surface area is 167 Å². The zero-order valence-electron chi connectivity index (χ0n) is 15.3. The number of ketones is 1. The number of aryl methyl sites for hydroxylation is 2. The highest BCUT2D eigenvalue weighted by atomic mass is 35.5. The minimum atomic E-state index is -0.286. The molecule has 0 saturated carbocycles. The van der Waals surface area contributed by atoms with E-state index in [2.05, 4.69) is 10.2 Å². The Hall–Kier alpha value is -2.51. The summed E-state index contributed by atoms with van der Waals surface area (Å²) in [7, 11) is 0. The third-order valence-electron chi connectivity index (χ3n) is 5.06. The Kier molecular flexibility index (Phi) is 5.28. The molecule has 3 aromatic rings. The van der Waals surface area contributed by atoms with E-state index in [1.807, 2.05) is 15.4 Å². The molecule has 8 heteroatoms. The van der Waals surface area contributed by atoms with Crippen LogP contribution in [0.2, 0.25) is 5.02 Å². The van der Waals surface area contributed by atoms with Crippen molar-refractivity contribution < 1.29 is 9.18 Å². The van der Waals surface area contributed by atoms with Crippen LogP contribution >= 0.6 is 11.6 Å². The highest BCUT2D eigenvalue weighted by Gasteiger charge is 2.24. The first-order valence-electron chi connectivity index (χ1n) is 9.32. The molecule has 0 bridgehead atoms. The molecular formula is C20H21ClFN5O. The molecule has 0 aliphatic carbocycles. The maximum atomic E-state index is 13.4. The van der Waals surface area contributed by atoms with Crippen LogP contribution in [-0.4, -0.2) is 31.9 Å². The topological polar surface area (TPSA) is 78.7 Å². The Morgan fingerprint density at radius 1 is 1.29 bits per heavy atom. The van der Waals surface area contributed by atoms with Crippen LogP contribution in [0.1, 0.15) is 28.9 Å². The van der Waals surface area contributed by atoms with Gasteiger partial charge >= 0.3 is 0 Å². The average Bonchev–Trinajstić information content (AvgIpc) is 3.20. The number of halogens is 2. The number of Topliss-reactive ketones (excluding diaryl/α,β-unsaturated/α-hetero) is 1. The van der Waals surface area contributed by atoms with E-state index in [1.165, 1.54) is 12.1 Å². The third kappa shape index (κ3) is 3.72. The number of nitrogens with two attached hydrogens (primary N) is 1. The van der Waals surface area contributed by atoms with Crippen molar-refractivity contribution in [2.24, 2.45) is 11.7 Å². The summed E-state index contributed by atoms with van der Waals surface area (Å²) in [6.07, 6.45) is 3.28. The van der Waals surface area contributed by atoms with Crippen molar-refractivity contribution in [2.45, 2.75) is 32.4 Å². The van der Waals surface area contributed by atoms with E-state index in [9.17, 15) is 9.18 Å². The second kappa shape index (κ2) is 7.85. The molecule has 1 aliphatic heterocycles. The van der Waals surface area contributed by atoms with Gasteiger partial charge in [-0.15, -0.1) is 0 Å². The van der Waals surface area contributed by atoms with Crippen molar-refractivity contribution in [3.05, 3.63) is 58.6 Å². The van der Waals surface area contributed by atoms with Gasteiger partial charge in [-0.05, 0) is 49.1 Å². The summed E-state index contributed by atoms with van der Waals surface area (Å²) in [5.41, 5.74) is 8.70. The fourth-order valence-electron chi connectivity index (χ4n) is 3.67. The SMILES string of the molecule is NC[C@@H](CC(=O)c1cc2n(n1)CCCn1ncc(Cl)c1-2)Cc1cccc(F)c1. The lowest BCUT2D eigenvalue weighted by molar-refractivity contribution is 0.0956. The molecule has 146 valence electrons. The monoisotopic (exact) mass is 401 g/mol. The fraction of sp³-hybridized carbons (Fsp3) is 0.350. The van der Waals surface area contributed by atoms with Gasteiger partial charge in [-0.25, -0.2) is 4.39 Å². The lowest BCUT2D eigenvalue weighted by atomic mass is 9.93. The third-order valence-corrected chi connectivity index (χ3v) is 5.34. The van der Waals surface area contributed by atoms with Gasteiger partial charge in [0.1, 0.15) is 17.2 Å². The second-order valence-corrected chi connectivity index (χ2v) is 7.53. The van der Waals surface area contributed by atoms with Crippen molar-refractivity contribution in [1.82, 2.24) is 19.6 Å². The number of carbonyl (C=O) groups excluding carboxylic acids is 1. The van der Waals surface area contributed by atoms with Crippen LogP contribution in [0, 0.1) is 11.7 Å². The smallest absolute Gasteiger partial charge is 0.183 e. The summed E-state index contributed by atoms with van der Waals surface area (Å²) < 4.78 is 17.1.